The van der Waals surface area contributed by atoms with Crippen LogP contribution in [-0.4, -0.2) is 68.8 Å². The van der Waals surface area contributed by atoms with Crippen LogP contribution in [-0.2, 0) is 19.7 Å². The summed E-state index contributed by atoms with van der Waals surface area (Å²) >= 11 is 0. The molecule has 0 radical (unpaired) electrons. The van der Waals surface area contributed by atoms with E-state index >= 15 is 0 Å². The molecule has 1 aromatic rings. The first kappa shape index (κ1) is 21.0. The van der Waals surface area contributed by atoms with Crippen LogP contribution < -0.4 is 5.73 Å². The third-order valence-electron chi connectivity index (χ3n) is 5.89. The molecule has 3 saturated heterocycles. The second kappa shape index (κ2) is 8.32. The van der Waals surface area contributed by atoms with Gasteiger partial charge >= 0.3 is 0 Å². The third kappa shape index (κ3) is 4.03. The maximum absolute atomic E-state index is 13.2. The van der Waals surface area contributed by atoms with Gasteiger partial charge in [-0.3, -0.25) is 0 Å². The quantitative estimate of drug-likeness (QED) is 0.794. The molecule has 3 aliphatic heterocycles. The van der Waals surface area contributed by atoms with Crippen LogP contribution in [0.4, 0.5) is 0 Å². The summed E-state index contributed by atoms with van der Waals surface area (Å²) in [5, 5.41) is 0. The number of hydrogen-bond donors (Lipinski definition) is 1. The summed E-state index contributed by atoms with van der Waals surface area (Å²) in [6, 6.07) is 10.1. The van der Waals surface area contributed by atoms with E-state index in [2.05, 4.69) is 12.1 Å². The van der Waals surface area contributed by atoms with E-state index < -0.39 is 16.0 Å². The average Bonchev–Trinajstić information content (AvgIpc) is 3.30. The van der Waals surface area contributed by atoms with Gasteiger partial charge in [-0.25, -0.2) is 0 Å². The van der Waals surface area contributed by atoms with Crippen LogP contribution >= 0.6 is 12.4 Å². The molecular weight excluding hydrogens is 390 g/mol. The van der Waals surface area contributed by atoms with Crippen molar-refractivity contribution >= 4 is 22.6 Å². The van der Waals surface area contributed by atoms with Crippen LogP contribution in [0.2, 0.25) is 0 Å². The molecule has 1 spiro atoms. The van der Waals surface area contributed by atoms with E-state index in [4.69, 9.17) is 15.2 Å². The molecular formula is C18H28ClN3O4S. The molecule has 9 heteroatoms. The fourth-order valence-corrected chi connectivity index (χ4v) is 6.04. The van der Waals surface area contributed by atoms with E-state index in [9.17, 15) is 8.42 Å². The van der Waals surface area contributed by atoms with Gasteiger partial charge in [-0.2, -0.15) is 17.0 Å². The van der Waals surface area contributed by atoms with Crippen LogP contribution in [0.3, 0.4) is 0 Å². The fourth-order valence-electron chi connectivity index (χ4n) is 4.34. The van der Waals surface area contributed by atoms with Crippen LogP contribution in [0.15, 0.2) is 30.3 Å². The Balaban J connectivity index is 0.00000210. The lowest BCUT2D eigenvalue weighted by Crippen LogP contribution is -2.51. The zero-order valence-corrected chi connectivity index (χ0v) is 17.0. The molecule has 2 N–H and O–H groups in total. The predicted molar refractivity (Wildman–Crippen MR) is 105 cm³/mol. The predicted octanol–water partition coefficient (Wildman–Crippen LogP) is 1.17. The van der Waals surface area contributed by atoms with Crippen LogP contribution in [0.5, 0.6) is 0 Å². The van der Waals surface area contributed by atoms with E-state index in [1.807, 2.05) is 18.2 Å². The van der Waals surface area contributed by atoms with Crippen LogP contribution in [0, 0.1) is 5.92 Å². The highest BCUT2D eigenvalue weighted by atomic mass is 35.5. The summed E-state index contributed by atoms with van der Waals surface area (Å²) in [4.78, 5) is 0. The molecule has 27 heavy (non-hydrogen) atoms. The Labute approximate surface area is 167 Å². The first-order chi connectivity index (χ1) is 12.5. The lowest BCUT2D eigenvalue weighted by atomic mass is 9.89. The lowest BCUT2D eigenvalue weighted by Gasteiger charge is -2.38. The van der Waals surface area contributed by atoms with E-state index in [1.165, 1.54) is 0 Å². The van der Waals surface area contributed by atoms with Gasteiger partial charge in [0.1, 0.15) is 0 Å². The first-order valence-corrected chi connectivity index (χ1v) is 10.7. The zero-order valence-electron chi connectivity index (χ0n) is 15.3. The third-order valence-corrected chi connectivity index (χ3v) is 7.86. The summed E-state index contributed by atoms with van der Waals surface area (Å²) in [6.07, 6.45) is 1.17. The number of benzene rings is 1. The van der Waals surface area contributed by atoms with E-state index in [-0.39, 0.29) is 24.2 Å². The molecule has 0 saturated carbocycles. The Morgan fingerprint density at radius 2 is 1.67 bits per heavy atom. The summed E-state index contributed by atoms with van der Waals surface area (Å²) in [6.45, 7) is 3.50. The molecule has 0 aliphatic carbocycles. The van der Waals surface area contributed by atoms with Gasteiger partial charge in [0, 0.05) is 44.9 Å². The average molecular weight is 418 g/mol. The van der Waals surface area contributed by atoms with Gasteiger partial charge in [0.2, 0.25) is 0 Å². The minimum atomic E-state index is -3.49. The highest BCUT2D eigenvalue weighted by molar-refractivity contribution is 7.86. The van der Waals surface area contributed by atoms with Crippen LogP contribution in [0.25, 0.3) is 0 Å². The lowest BCUT2D eigenvalue weighted by molar-refractivity contribution is -0.179. The molecule has 0 unspecified atom stereocenters. The van der Waals surface area contributed by atoms with Gasteiger partial charge in [-0.15, -0.1) is 12.4 Å². The van der Waals surface area contributed by atoms with E-state index in [0.717, 1.165) is 5.56 Å². The molecule has 0 bridgehead atoms. The topological polar surface area (TPSA) is 85.1 Å². The number of piperidine rings is 1. The monoisotopic (exact) mass is 417 g/mol. The molecule has 3 heterocycles. The summed E-state index contributed by atoms with van der Waals surface area (Å²) in [7, 11) is -3.49. The van der Waals surface area contributed by atoms with Crippen molar-refractivity contribution in [1.29, 1.82) is 0 Å². The number of ether oxygens (including phenoxy) is 2. The van der Waals surface area contributed by atoms with Crippen molar-refractivity contribution in [2.45, 2.75) is 24.5 Å². The number of nitrogens with two attached hydrogens (primary N) is 1. The highest BCUT2D eigenvalue weighted by Gasteiger charge is 2.46. The molecule has 0 aromatic heterocycles. The number of hydrogen-bond acceptors (Lipinski definition) is 5. The summed E-state index contributed by atoms with van der Waals surface area (Å²) in [5.41, 5.74) is 7.11. The SMILES string of the molecule is Cl.NC[C@@H]1CN(S(=O)(=O)N2CCC3(CC2)OCCO3)C[C@H]1c1ccccc1. The standard InChI is InChI=1S/C18H27N3O4S.ClH/c19-12-16-13-21(14-17(16)15-4-2-1-3-5-15)26(22,23)20-8-6-18(7-9-20)24-10-11-25-18;/h1-5,16-17H,6-14,19H2;1H/t16-,17+;/m1./s1. The Kier molecular flexibility index (Phi) is 6.47. The second-order valence-electron chi connectivity index (χ2n) is 7.34. The van der Waals surface area contributed by atoms with Crippen molar-refractivity contribution in [3.63, 3.8) is 0 Å². The molecule has 4 rings (SSSR count). The smallest absolute Gasteiger partial charge is 0.282 e. The number of nitrogens with zero attached hydrogens (tertiary/aromatic N) is 2. The highest BCUT2D eigenvalue weighted by Crippen LogP contribution is 2.37. The molecule has 3 fully saturated rings. The van der Waals surface area contributed by atoms with Crippen molar-refractivity contribution in [3.05, 3.63) is 35.9 Å². The zero-order chi connectivity index (χ0) is 18.2. The van der Waals surface area contributed by atoms with Gasteiger partial charge in [-0.1, -0.05) is 30.3 Å². The Hall–Kier alpha value is -0.740. The van der Waals surface area contributed by atoms with Crippen LogP contribution in [0.1, 0.15) is 24.3 Å². The maximum atomic E-state index is 13.2. The van der Waals surface area contributed by atoms with Gasteiger partial charge in [0.05, 0.1) is 13.2 Å². The van der Waals surface area contributed by atoms with Gasteiger partial charge in [-0.05, 0) is 18.0 Å². The fraction of sp³-hybridized carbons (Fsp3) is 0.667. The summed E-state index contributed by atoms with van der Waals surface area (Å²) in [5.74, 6) is -0.276. The number of rotatable bonds is 4. The minimum Gasteiger partial charge on any atom is -0.347 e. The van der Waals surface area contributed by atoms with Gasteiger partial charge < -0.3 is 15.2 Å². The maximum Gasteiger partial charge on any atom is 0.282 e. The van der Waals surface area contributed by atoms with E-state index in [0.29, 0.717) is 58.8 Å². The molecule has 1 aromatic carbocycles. The minimum absolute atomic E-state index is 0. The first-order valence-electron chi connectivity index (χ1n) is 9.32. The van der Waals surface area contributed by atoms with Gasteiger partial charge in [0.25, 0.3) is 10.2 Å². The Morgan fingerprint density at radius 3 is 2.26 bits per heavy atom. The van der Waals surface area contributed by atoms with Gasteiger partial charge in [0.15, 0.2) is 5.79 Å². The van der Waals surface area contributed by atoms with E-state index in [1.54, 1.807) is 8.61 Å². The van der Waals surface area contributed by atoms with Crippen molar-refractivity contribution < 1.29 is 17.9 Å². The summed E-state index contributed by atoms with van der Waals surface area (Å²) < 4.78 is 40.9. The molecule has 7 nitrogen and oxygen atoms in total. The van der Waals surface area contributed by atoms with Crippen molar-refractivity contribution in [2.75, 3.05) is 45.9 Å². The molecule has 152 valence electrons. The normalized spacial score (nSPS) is 29.1. The Bertz CT molecular complexity index is 717. The van der Waals surface area contributed by atoms with Crippen molar-refractivity contribution in [1.82, 2.24) is 8.61 Å². The van der Waals surface area contributed by atoms with Crippen molar-refractivity contribution in [2.24, 2.45) is 11.7 Å². The molecule has 0 amide bonds. The number of halogens is 1. The van der Waals surface area contributed by atoms with Crippen molar-refractivity contribution in [3.8, 4) is 0 Å². The largest absolute Gasteiger partial charge is 0.347 e. The second-order valence-corrected chi connectivity index (χ2v) is 9.27. The molecule has 3 aliphatic rings. The molecule has 2 atom stereocenters. The Morgan fingerprint density at radius 1 is 1.04 bits per heavy atom.